The highest BCUT2D eigenvalue weighted by atomic mass is 28.3. The predicted octanol–water partition coefficient (Wildman–Crippen LogP) is 17.6. The summed E-state index contributed by atoms with van der Waals surface area (Å²) in [6, 6.07) is 74.7. The molecule has 12 rings (SSSR count). The van der Waals surface area contributed by atoms with Crippen molar-refractivity contribution in [1.82, 2.24) is 4.57 Å². The van der Waals surface area contributed by atoms with Crippen LogP contribution in [0.3, 0.4) is 0 Å². The van der Waals surface area contributed by atoms with Gasteiger partial charge in [0, 0.05) is 55.1 Å². The third kappa shape index (κ3) is 7.24. The molecule has 2 aromatic heterocycles. The van der Waals surface area contributed by atoms with Crippen molar-refractivity contribution in [2.45, 2.75) is 53.1 Å². The SMILES string of the molecule is Cc1cccc(N(c2ccc([Si](C)(C)C)cc2)c2cc3c(c4ccccc24)c2c4ccccc4c(N(c4ccc([Si](C)(C)C)cc4)c4cccc(C)c4)cc2n3-c2cccc3c2oc2ccccc23)c1. The van der Waals surface area contributed by atoms with Crippen LogP contribution in [0.15, 0.2) is 205 Å². The minimum Gasteiger partial charge on any atom is -0.454 e. The van der Waals surface area contributed by atoms with E-state index < -0.39 is 16.1 Å². The van der Waals surface area contributed by atoms with Crippen LogP contribution >= 0.6 is 0 Å². The van der Waals surface area contributed by atoms with Crippen molar-refractivity contribution in [2.24, 2.45) is 0 Å². The monoisotopic (exact) mass is 939 g/mol. The summed E-state index contributed by atoms with van der Waals surface area (Å²) < 4.78 is 9.49. The third-order valence-electron chi connectivity index (χ3n) is 14.3. The summed E-state index contributed by atoms with van der Waals surface area (Å²) in [7, 11) is -3.12. The molecular formula is C64H57N3OSi2. The van der Waals surface area contributed by atoms with Gasteiger partial charge in [-0.2, -0.15) is 0 Å². The minimum absolute atomic E-state index is 0.863. The molecule has 0 saturated carbocycles. The Hall–Kier alpha value is -7.65. The van der Waals surface area contributed by atoms with E-state index >= 15 is 0 Å². The number of rotatable bonds is 9. The molecule has 342 valence electrons. The van der Waals surface area contributed by atoms with Crippen LogP contribution in [0.2, 0.25) is 39.3 Å². The lowest BCUT2D eigenvalue weighted by molar-refractivity contribution is 0.666. The van der Waals surface area contributed by atoms with Crippen LogP contribution in [0.4, 0.5) is 34.1 Å². The topological polar surface area (TPSA) is 24.6 Å². The van der Waals surface area contributed by atoms with Gasteiger partial charge in [-0.3, -0.25) is 0 Å². The number of nitrogens with zero attached hydrogens (tertiary/aromatic N) is 3. The average Bonchev–Trinajstić information content (AvgIpc) is 3.90. The number of fused-ring (bicyclic) bond motifs is 10. The van der Waals surface area contributed by atoms with Crippen LogP contribution in [-0.4, -0.2) is 20.7 Å². The summed E-state index contributed by atoms with van der Waals surface area (Å²) in [6.07, 6.45) is 0. The average molecular weight is 940 g/mol. The molecule has 6 heteroatoms. The Balaban J connectivity index is 1.25. The van der Waals surface area contributed by atoms with E-state index in [-0.39, 0.29) is 0 Å². The second kappa shape index (κ2) is 16.5. The second-order valence-electron chi connectivity index (χ2n) is 21.2. The number of aromatic nitrogens is 1. The van der Waals surface area contributed by atoms with Crippen LogP contribution < -0.4 is 20.2 Å². The molecule has 0 saturated heterocycles. The van der Waals surface area contributed by atoms with Crippen molar-refractivity contribution >= 4 is 126 Å². The highest BCUT2D eigenvalue weighted by molar-refractivity contribution is 6.89. The van der Waals surface area contributed by atoms with E-state index in [0.717, 1.165) is 72.8 Å². The smallest absolute Gasteiger partial charge is 0.159 e. The fourth-order valence-corrected chi connectivity index (χ4v) is 13.2. The molecule has 2 heterocycles. The van der Waals surface area contributed by atoms with Crippen molar-refractivity contribution in [1.29, 1.82) is 0 Å². The van der Waals surface area contributed by atoms with Crippen molar-refractivity contribution in [3.8, 4) is 5.69 Å². The standard InChI is InChI=1S/C64H57N3OSi2/c1-42-18-15-20-46(38-42)65(44-30-34-48(35-31-44)69(3,4)5)57-40-59-62(53-25-11-9-22-50(53)57)63-54-26-12-10-23-51(54)58(66(47-21-16-19-43(2)39-47)45-32-36-49(37-33-45)70(6,7)8)41-60(63)67(59)56-28-17-27-55-52-24-13-14-29-61(52)68-64(55)56/h9-41H,1-8H3. The molecule has 12 aromatic rings. The summed E-state index contributed by atoms with van der Waals surface area (Å²) in [6.45, 7) is 18.9. The minimum atomic E-state index is -1.56. The molecule has 0 amide bonds. The number of hydrogen-bond acceptors (Lipinski definition) is 3. The summed E-state index contributed by atoms with van der Waals surface area (Å²) in [4.78, 5) is 4.94. The van der Waals surface area contributed by atoms with Gasteiger partial charge in [0.25, 0.3) is 0 Å². The first-order valence-electron chi connectivity index (χ1n) is 24.6. The zero-order valence-electron chi connectivity index (χ0n) is 41.3. The lowest BCUT2D eigenvalue weighted by atomic mass is 9.96. The summed E-state index contributed by atoms with van der Waals surface area (Å²) in [5.41, 5.74) is 14.1. The van der Waals surface area contributed by atoms with E-state index in [1.807, 2.05) is 0 Å². The Morgan fingerprint density at radius 3 is 1.24 bits per heavy atom. The van der Waals surface area contributed by atoms with Gasteiger partial charge in [0.05, 0.1) is 44.2 Å². The maximum absolute atomic E-state index is 6.98. The Labute approximate surface area is 412 Å². The normalized spacial score (nSPS) is 12.3. The fourth-order valence-electron chi connectivity index (χ4n) is 10.8. The van der Waals surface area contributed by atoms with Gasteiger partial charge in [-0.05, 0) is 109 Å². The first kappa shape index (κ1) is 43.6. The van der Waals surface area contributed by atoms with Gasteiger partial charge < -0.3 is 18.8 Å². The lowest BCUT2D eigenvalue weighted by Gasteiger charge is -2.28. The quantitative estimate of drug-likeness (QED) is 0.135. The van der Waals surface area contributed by atoms with Crippen LogP contribution in [0, 0.1) is 13.8 Å². The summed E-state index contributed by atoms with van der Waals surface area (Å²) >= 11 is 0. The fraction of sp³-hybridized carbons (Fsp3) is 0.125. The zero-order valence-corrected chi connectivity index (χ0v) is 43.3. The number of benzene rings is 10. The van der Waals surface area contributed by atoms with E-state index in [1.165, 1.54) is 53.8 Å². The molecule has 4 nitrogen and oxygen atoms in total. The molecule has 0 aliphatic rings. The van der Waals surface area contributed by atoms with E-state index in [1.54, 1.807) is 0 Å². The number of furan rings is 1. The molecule has 0 aliphatic carbocycles. The van der Waals surface area contributed by atoms with Crippen LogP contribution in [0.25, 0.3) is 71.0 Å². The summed E-state index contributed by atoms with van der Waals surface area (Å²) in [5, 5.41) is 12.3. The molecule has 0 unspecified atom stereocenters. The first-order valence-corrected chi connectivity index (χ1v) is 31.6. The van der Waals surface area contributed by atoms with Gasteiger partial charge in [-0.25, -0.2) is 0 Å². The second-order valence-corrected chi connectivity index (χ2v) is 31.4. The predicted molar refractivity (Wildman–Crippen MR) is 308 cm³/mol. The Bertz CT molecular complexity index is 3800. The van der Waals surface area contributed by atoms with Crippen LogP contribution in [0.5, 0.6) is 0 Å². The summed E-state index contributed by atoms with van der Waals surface area (Å²) in [5.74, 6) is 0. The Kier molecular flexibility index (Phi) is 10.3. The van der Waals surface area contributed by atoms with Gasteiger partial charge in [0.15, 0.2) is 5.58 Å². The van der Waals surface area contributed by atoms with Crippen molar-refractivity contribution in [3.05, 3.63) is 211 Å². The Morgan fingerprint density at radius 2 is 0.786 bits per heavy atom. The molecule has 70 heavy (non-hydrogen) atoms. The van der Waals surface area contributed by atoms with Gasteiger partial charge in [-0.15, -0.1) is 0 Å². The zero-order chi connectivity index (χ0) is 48.1. The molecule has 0 N–H and O–H groups in total. The molecule has 0 aliphatic heterocycles. The molecule has 0 atom stereocenters. The molecule has 0 fully saturated rings. The van der Waals surface area contributed by atoms with Gasteiger partial charge in [-0.1, -0.05) is 177 Å². The van der Waals surface area contributed by atoms with Gasteiger partial charge in [0.1, 0.15) is 5.58 Å². The molecule has 0 spiro atoms. The van der Waals surface area contributed by atoms with E-state index in [0.29, 0.717) is 0 Å². The largest absolute Gasteiger partial charge is 0.454 e. The maximum Gasteiger partial charge on any atom is 0.159 e. The van der Waals surface area contributed by atoms with Crippen molar-refractivity contribution < 1.29 is 4.42 Å². The number of para-hydroxylation sites is 2. The molecule has 0 radical (unpaired) electrons. The van der Waals surface area contributed by atoms with E-state index in [4.69, 9.17) is 4.42 Å². The highest BCUT2D eigenvalue weighted by Gasteiger charge is 2.28. The Morgan fingerprint density at radius 1 is 0.371 bits per heavy atom. The van der Waals surface area contributed by atoms with E-state index in [2.05, 4.69) is 268 Å². The van der Waals surface area contributed by atoms with Crippen LogP contribution in [-0.2, 0) is 0 Å². The number of hydrogen-bond donors (Lipinski definition) is 0. The molecule has 10 aromatic carbocycles. The highest BCUT2D eigenvalue weighted by Crippen LogP contribution is 2.50. The van der Waals surface area contributed by atoms with E-state index in [9.17, 15) is 0 Å². The number of anilines is 6. The van der Waals surface area contributed by atoms with Crippen molar-refractivity contribution in [2.75, 3.05) is 9.80 Å². The third-order valence-corrected chi connectivity index (χ3v) is 18.5. The molecular weight excluding hydrogens is 883 g/mol. The van der Waals surface area contributed by atoms with Gasteiger partial charge in [0.2, 0.25) is 0 Å². The number of aryl methyl sites for hydroxylation is 2. The van der Waals surface area contributed by atoms with Crippen molar-refractivity contribution in [3.63, 3.8) is 0 Å². The lowest BCUT2D eigenvalue weighted by Crippen LogP contribution is -2.37. The molecule has 0 bridgehead atoms. The van der Waals surface area contributed by atoms with Gasteiger partial charge >= 0.3 is 0 Å². The van der Waals surface area contributed by atoms with Crippen LogP contribution in [0.1, 0.15) is 11.1 Å². The maximum atomic E-state index is 6.98. The first-order chi connectivity index (χ1) is 33.8.